The summed E-state index contributed by atoms with van der Waals surface area (Å²) in [6.45, 7) is 1.83. The number of thiophene rings is 1. The Bertz CT molecular complexity index is 1560. The zero-order valence-electron chi connectivity index (χ0n) is 17.6. The Labute approximate surface area is 200 Å². The third-order valence-electron chi connectivity index (χ3n) is 5.09. The Morgan fingerprint density at radius 1 is 1.12 bits per heavy atom. The standard InChI is InChI=1S/C22H16N6O4S2/c1-12(18-25-26-19(32-18)14-7-9-15(10-8-14)28(30)31)34-22-24-20-17(21(29)27(22)23)16(11-33-20)13-5-3-2-4-6-13/h2-12H,23H2,1H3. The molecule has 0 saturated carbocycles. The Morgan fingerprint density at radius 3 is 2.56 bits per heavy atom. The number of thioether (sulfide) groups is 1. The van der Waals surface area contributed by atoms with E-state index in [1.54, 1.807) is 12.1 Å². The van der Waals surface area contributed by atoms with Gasteiger partial charge in [0.2, 0.25) is 11.8 Å². The lowest BCUT2D eigenvalue weighted by Crippen LogP contribution is -2.29. The molecule has 1 atom stereocenters. The maximum absolute atomic E-state index is 13.1. The van der Waals surface area contributed by atoms with Crippen molar-refractivity contribution in [1.29, 1.82) is 0 Å². The highest BCUT2D eigenvalue weighted by molar-refractivity contribution is 7.99. The van der Waals surface area contributed by atoms with Gasteiger partial charge >= 0.3 is 0 Å². The number of hydrogen-bond acceptors (Lipinski definition) is 10. The molecule has 3 aromatic heterocycles. The summed E-state index contributed by atoms with van der Waals surface area (Å²) in [6.07, 6.45) is 0. The van der Waals surface area contributed by atoms with Crippen LogP contribution >= 0.6 is 23.1 Å². The first-order valence-corrected chi connectivity index (χ1v) is 11.8. The molecule has 170 valence electrons. The fraction of sp³-hybridized carbons (Fsp3) is 0.0909. The van der Waals surface area contributed by atoms with Gasteiger partial charge in [0.25, 0.3) is 11.2 Å². The highest BCUT2D eigenvalue weighted by Gasteiger charge is 2.22. The zero-order chi connectivity index (χ0) is 23.8. The number of nitro benzene ring substituents is 1. The van der Waals surface area contributed by atoms with Crippen molar-refractivity contribution < 1.29 is 9.34 Å². The van der Waals surface area contributed by atoms with E-state index in [4.69, 9.17) is 10.3 Å². The lowest BCUT2D eigenvalue weighted by molar-refractivity contribution is -0.384. The molecule has 0 amide bonds. The van der Waals surface area contributed by atoms with Gasteiger partial charge in [-0.1, -0.05) is 42.1 Å². The molecule has 0 radical (unpaired) electrons. The van der Waals surface area contributed by atoms with E-state index in [9.17, 15) is 14.9 Å². The molecule has 0 aliphatic carbocycles. The number of hydrogen-bond donors (Lipinski definition) is 1. The van der Waals surface area contributed by atoms with Crippen molar-refractivity contribution in [2.75, 3.05) is 5.84 Å². The van der Waals surface area contributed by atoms with Crippen molar-refractivity contribution in [2.24, 2.45) is 0 Å². The largest absolute Gasteiger partial charge is 0.419 e. The molecule has 2 aromatic carbocycles. The van der Waals surface area contributed by atoms with Crippen molar-refractivity contribution in [3.8, 4) is 22.6 Å². The van der Waals surface area contributed by atoms with Crippen molar-refractivity contribution in [2.45, 2.75) is 17.3 Å². The zero-order valence-corrected chi connectivity index (χ0v) is 19.2. The van der Waals surface area contributed by atoms with Crippen molar-refractivity contribution in [3.05, 3.63) is 86.3 Å². The van der Waals surface area contributed by atoms with Gasteiger partial charge in [-0.05, 0) is 24.6 Å². The number of nitrogen functional groups attached to an aromatic ring is 1. The number of non-ortho nitro benzene ring substituents is 1. The van der Waals surface area contributed by atoms with Crippen LogP contribution in [-0.4, -0.2) is 24.8 Å². The minimum Gasteiger partial charge on any atom is -0.419 e. The van der Waals surface area contributed by atoms with Crippen molar-refractivity contribution in [1.82, 2.24) is 19.9 Å². The van der Waals surface area contributed by atoms with E-state index < -0.39 is 4.92 Å². The van der Waals surface area contributed by atoms with Crippen LogP contribution in [0.1, 0.15) is 18.1 Å². The lowest BCUT2D eigenvalue weighted by atomic mass is 10.1. The molecule has 5 rings (SSSR count). The number of rotatable bonds is 6. The average molecular weight is 493 g/mol. The summed E-state index contributed by atoms with van der Waals surface area (Å²) in [7, 11) is 0. The van der Waals surface area contributed by atoms with E-state index in [0.717, 1.165) is 15.8 Å². The number of nitro groups is 1. The Balaban J connectivity index is 1.42. The number of nitrogens with two attached hydrogens (primary N) is 1. The molecule has 0 spiro atoms. The summed E-state index contributed by atoms with van der Waals surface area (Å²) in [5.74, 6) is 6.66. The van der Waals surface area contributed by atoms with E-state index in [1.807, 2.05) is 42.6 Å². The second-order valence-corrected chi connectivity index (χ2v) is 9.44. The smallest absolute Gasteiger partial charge is 0.282 e. The van der Waals surface area contributed by atoms with Gasteiger partial charge in [0.1, 0.15) is 4.83 Å². The topological polar surface area (TPSA) is 143 Å². The summed E-state index contributed by atoms with van der Waals surface area (Å²) < 4.78 is 6.80. The van der Waals surface area contributed by atoms with Crippen LogP contribution < -0.4 is 11.4 Å². The van der Waals surface area contributed by atoms with Gasteiger partial charge in [0.15, 0.2) is 5.16 Å². The van der Waals surface area contributed by atoms with Crippen LogP contribution in [0.15, 0.2) is 74.3 Å². The molecule has 2 N–H and O–H groups in total. The molecule has 0 aliphatic heterocycles. The van der Waals surface area contributed by atoms with Gasteiger partial charge in [-0.25, -0.2) is 9.66 Å². The number of aromatic nitrogens is 4. The summed E-state index contributed by atoms with van der Waals surface area (Å²) in [6, 6.07) is 15.4. The first-order valence-electron chi connectivity index (χ1n) is 10.0. The molecule has 0 bridgehead atoms. The average Bonchev–Trinajstić information content (AvgIpc) is 3.51. The van der Waals surface area contributed by atoms with Crippen LogP contribution in [0.3, 0.4) is 0 Å². The second-order valence-electron chi connectivity index (χ2n) is 7.27. The van der Waals surface area contributed by atoms with Crippen molar-refractivity contribution >= 4 is 39.0 Å². The summed E-state index contributed by atoms with van der Waals surface area (Å²) in [4.78, 5) is 28.6. The van der Waals surface area contributed by atoms with Crippen molar-refractivity contribution in [3.63, 3.8) is 0 Å². The minimum atomic E-state index is -0.478. The molecular formula is C22H16N6O4S2. The SMILES string of the molecule is CC(Sc1nc2scc(-c3ccccc3)c2c(=O)n1N)c1nnc(-c2ccc([N+](=O)[O-])cc2)o1. The quantitative estimate of drug-likeness (QED) is 0.118. The molecule has 3 heterocycles. The molecule has 0 aliphatic rings. The monoisotopic (exact) mass is 492 g/mol. The van der Waals surface area contributed by atoms with Gasteiger partial charge in [-0.2, -0.15) is 0 Å². The predicted octanol–water partition coefficient (Wildman–Crippen LogP) is 4.65. The van der Waals surface area contributed by atoms with Crippen LogP contribution in [0.25, 0.3) is 32.8 Å². The van der Waals surface area contributed by atoms with Gasteiger partial charge in [0.05, 0.1) is 15.6 Å². The third kappa shape index (κ3) is 3.93. The Kier molecular flexibility index (Phi) is 5.59. The molecule has 34 heavy (non-hydrogen) atoms. The Hall–Kier alpha value is -4.03. The highest BCUT2D eigenvalue weighted by atomic mass is 32.2. The molecule has 10 nitrogen and oxygen atoms in total. The minimum absolute atomic E-state index is 0.0289. The lowest BCUT2D eigenvalue weighted by Gasteiger charge is -2.10. The van der Waals surface area contributed by atoms with Gasteiger partial charge in [-0.3, -0.25) is 14.9 Å². The van der Waals surface area contributed by atoms with Gasteiger partial charge < -0.3 is 10.3 Å². The number of benzene rings is 2. The maximum Gasteiger partial charge on any atom is 0.282 e. The summed E-state index contributed by atoms with van der Waals surface area (Å²) in [5, 5.41) is 21.3. The molecule has 12 heteroatoms. The van der Waals surface area contributed by atoms with Gasteiger partial charge in [-0.15, -0.1) is 21.5 Å². The van der Waals surface area contributed by atoms with Crippen LogP contribution in [0.4, 0.5) is 5.69 Å². The van der Waals surface area contributed by atoms with E-state index in [0.29, 0.717) is 26.8 Å². The first-order chi connectivity index (χ1) is 16.4. The Morgan fingerprint density at radius 2 is 1.85 bits per heavy atom. The summed E-state index contributed by atoms with van der Waals surface area (Å²) in [5.41, 5.74) is 1.91. The highest BCUT2D eigenvalue weighted by Crippen LogP contribution is 2.36. The van der Waals surface area contributed by atoms with E-state index >= 15 is 0 Å². The third-order valence-corrected chi connectivity index (χ3v) is 7.01. The molecule has 0 fully saturated rings. The predicted molar refractivity (Wildman–Crippen MR) is 130 cm³/mol. The number of fused-ring (bicyclic) bond motifs is 1. The molecule has 0 saturated heterocycles. The maximum atomic E-state index is 13.1. The van der Waals surface area contributed by atoms with Crippen LogP contribution in [-0.2, 0) is 0 Å². The fourth-order valence-corrected chi connectivity index (χ4v) is 5.20. The van der Waals surface area contributed by atoms with E-state index in [-0.39, 0.29) is 22.4 Å². The number of nitrogens with zero attached hydrogens (tertiary/aromatic N) is 5. The van der Waals surface area contributed by atoms with E-state index in [2.05, 4.69) is 15.2 Å². The molecular weight excluding hydrogens is 476 g/mol. The van der Waals surface area contributed by atoms with Gasteiger partial charge in [0, 0.05) is 28.6 Å². The normalized spacial score (nSPS) is 12.1. The van der Waals surface area contributed by atoms with Crippen LogP contribution in [0.5, 0.6) is 0 Å². The molecule has 5 aromatic rings. The summed E-state index contributed by atoms with van der Waals surface area (Å²) >= 11 is 2.60. The second kappa shape index (κ2) is 8.72. The van der Waals surface area contributed by atoms with Crippen LogP contribution in [0, 0.1) is 10.1 Å². The fourth-order valence-electron chi connectivity index (χ4n) is 3.35. The molecule has 1 unspecified atom stereocenters. The first kappa shape index (κ1) is 21.8. The van der Waals surface area contributed by atoms with E-state index in [1.165, 1.54) is 35.2 Å². The van der Waals surface area contributed by atoms with Crippen LogP contribution in [0.2, 0.25) is 0 Å².